The molecule has 2 heterocycles. The lowest BCUT2D eigenvalue weighted by Gasteiger charge is -2.08. The Kier molecular flexibility index (Phi) is 3.73. The minimum atomic E-state index is 0.813. The Morgan fingerprint density at radius 2 is 2.05 bits per heavy atom. The van der Waals surface area contributed by atoms with Crippen molar-refractivity contribution in [3.05, 3.63) is 42.6 Å². The van der Waals surface area contributed by atoms with E-state index >= 15 is 0 Å². The van der Waals surface area contributed by atoms with E-state index in [1.807, 2.05) is 47.1 Å². The van der Waals surface area contributed by atoms with Crippen LogP contribution in [-0.2, 0) is 0 Å². The molecular formula is C16H18N4O. The highest BCUT2D eigenvalue weighted by atomic mass is 16.5. The van der Waals surface area contributed by atoms with Crippen LogP contribution in [0, 0.1) is 0 Å². The minimum Gasteiger partial charge on any atom is -0.496 e. The van der Waals surface area contributed by atoms with E-state index in [0.29, 0.717) is 0 Å². The van der Waals surface area contributed by atoms with E-state index in [1.54, 1.807) is 7.11 Å². The van der Waals surface area contributed by atoms with Gasteiger partial charge in [0.05, 0.1) is 19.0 Å². The van der Waals surface area contributed by atoms with Crippen LogP contribution in [0.2, 0.25) is 0 Å². The van der Waals surface area contributed by atoms with Crippen LogP contribution < -0.4 is 10.1 Å². The van der Waals surface area contributed by atoms with Gasteiger partial charge >= 0.3 is 0 Å². The normalized spacial score (nSPS) is 10.8. The molecule has 0 bridgehead atoms. The Labute approximate surface area is 123 Å². The van der Waals surface area contributed by atoms with Gasteiger partial charge in [-0.2, -0.15) is 0 Å². The Bertz CT molecular complexity index is 751. The molecule has 0 aliphatic heterocycles. The predicted molar refractivity (Wildman–Crippen MR) is 83.8 cm³/mol. The highest BCUT2D eigenvalue weighted by Gasteiger charge is 2.11. The number of fused-ring (bicyclic) bond motifs is 1. The Morgan fingerprint density at radius 1 is 1.19 bits per heavy atom. The summed E-state index contributed by atoms with van der Waals surface area (Å²) in [5.41, 5.74) is 2.72. The van der Waals surface area contributed by atoms with Crippen LogP contribution in [0.1, 0.15) is 13.3 Å². The first-order valence-electron chi connectivity index (χ1n) is 7.05. The number of imidazole rings is 1. The molecule has 21 heavy (non-hydrogen) atoms. The van der Waals surface area contributed by atoms with Gasteiger partial charge in [0.25, 0.3) is 0 Å². The molecule has 0 unspecified atom stereocenters. The van der Waals surface area contributed by atoms with E-state index in [4.69, 9.17) is 4.74 Å². The van der Waals surface area contributed by atoms with Gasteiger partial charge in [0, 0.05) is 12.1 Å². The van der Waals surface area contributed by atoms with Gasteiger partial charge in [-0.25, -0.2) is 9.50 Å². The van der Waals surface area contributed by atoms with Gasteiger partial charge < -0.3 is 10.1 Å². The Balaban J connectivity index is 2.10. The number of methoxy groups -OCH3 is 1. The second-order valence-electron chi connectivity index (χ2n) is 4.76. The van der Waals surface area contributed by atoms with Gasteiger partial charge in [-0.1, -0.05) is 19.1 Å². The van der Waals surface area contributed by atoms with E-state index < -0.39 is 0 Å². The van der Waals surface area contributed by atoms with Crippen LogP contribution in [0.25, 0.3) is 16.9 Å². The van der Waals surface area contributed by atoms with Crippen LogP contribution in [0.3, 0.4) is 0 Å². The summed E-state index contributed by atoms with van der Waals surface area (Å²) in [5.74, 6) is 1.66. The highest BCUT2D eigenvalue weighted by molar-refractivity contribution is 5.69. The molecule has 0 saturated carbocycles. The van der Waals surface area contributed by atoms with Crippen molar-refractivity contribution >= 4 is 11.5 Å². The van der Waals surface area contributed by atoms with Gasteiger partial charge in [0.2, 0.25) is 0 Å². The summed E-state index contributed by atoms with van der Waals surface area (Å²) in [5, 5.41) is 7.90. The van der Waals surface area contributed by atoms with E-state index in [9.17, 15) is 0 Å². The third-order valence-electron chi connectivity index (χ3n) is 3.30. The summed E-state index contributed by atoms with van der Waals surface area (Å²) >= 11 is 0. The number of ether oxygens (including phenoxy) is 1. The molecule has 0 fully saturated rings. The molecule has 0 radical (unpaired) electrons. The number of benzene rings is 1. The lowest BCUT2D eigenvalue weighted by molar-refractivity contribution is 0.416. The average molecular weight is 282 g/mol. The fourth-order valence-corrected chi connectivity index (χ4v) is 2.26. The summed E-state index contributed by atoms with van der Waals surface area (Å²) in [6.07, 6.45) is 2.88. The fourth-order valence-electron chi connectivity index (χ4n) is 2.26. The van der Waals surface area contributed by atoms with Crippen molar-refractivity contribution in [1.82, 2.24) is 14.6 Å². The van der Waals surface area contributed by atoms with Crippen LogP contribution in [0.5, 0.6) is 5.75 Å². The van der Waals surface area contributed by atoms with Crippen molar-refractivity contribution in [2.24, 2.45) is 0 Å². The number of aromatic nitrogens is 3. The van der Waals surface area contributed by atoms with Gasteiger partial charge in [-0.05, 0) is 30.7 Å². The van der Waals surface area contributed by atoms with E-state index in [-0.39, 0.29) is 0 Å². The molecular weight excluding hydrogens is 264 g/mol. The highest BCUT2D eigenvalue weighted by Crippen LogP contribution is 2.29. The molecule has 0 atom stereocenters. The first-order valence-corrected chi connectivity index (χ1v) is 7.05. The molecule has 108 valence electrons. The molecule has 3 rings (SSSR count). The number of hydrogen-bond acceptors (Lipinski definition) is 4. The van der Waals surface area contributed by atoms with Crippen LogP contribution in [-0.4, -0.2) is 28.3 Å². The number of nitrogens with zero attached hydrogens (tertiary/aromatic N) is 3. The van der Waals surface area contributed by atoms with E-state index in [0.717, 1.165) is 41.4 Å². The third-order valence-corrected chi connectivity index (χ3v) is 3.30. The van der Waals surface area contributed by atoms with Crippen molar-refractivity contribution < 1.29 is 4.74 Å². The zero-order valence-electron chi connectivity index (χ0n) is 12.2. The lowest BCUT2D eigenvalue weighted by Crippen LogP contribution is -2.05. The standard InChI is InChI=1S/C16H18N4O/c1-3-10-17-15-8-9-16-18-11-13(20(16)19-15)12-6-4-5-7-14(12)21-2/h4-9,11H,3,10H2,1-2H3,(H,17,19). The summed E-state index contributed by atoms with van der Waals surface area (Å²) in [6, 6.07) is 11.8. The maximum atomic E-state index is 5.43. The number of rotatable bonds is 5. The minimum absolute atomic E-state index is 0.813. The lowest BCUT2D eigenvalue weighted by atomic mass is 10.1. The van der Waals surface area contributed by atoms with Crippen molar-refractivity contribution in [1.29, 1.82) is 0 Å². The topological polar surface area (TPSA) is 51.5 Å². The fraction of sp³-hybridized carbons (Fsp3) is 0.250. The van der Waals surface area contributed by atoms with Crippen molar-refractivity contribution in [3.8, 4) is 17.0 Å². The summed E-state index contributed by atoms with van der Waals surface area (Å²) < 4.78 is 7.27. The quantitative estimate of drug-likeness (QED) is 0.780. The van der Waals surface area contributed by atoms with Crippen molar-refractivity contribution in [2.75, 3.05) is 19.0 Å². The molecule has 2 aromatic heterocycles. The first-order chi connectivity index (χ1) is 10.3. The molecule has 0 amide bonds. The van der Waals surface area contributed by atoms with Crippen molar-refractivity contribution in [2.45, 2.75) is 13.3 Å². The predicted octanol–water partition coefficient (Wildman–Crippen LogP) is 3.23. The largest absolute Gasteiger partial charge is 0.496 e. The maximum absolute atomic E-state index is 5.43. The van der Waals surface area contributed by atoms with E-state index in [1.165, 1.54) is 0 Å². The average Bonchev–Trinajstić information content (AvgIpc) is 2.95. The molecule has 1 N–H and O–H groups in total. The SMILES string of the molecule is CCCNc1ccc2ncc(-c3ccccc3OC)n2n1. The number of anilines is 1. The van der Waals surface area contributed by atoms with Gasteiger partial charge in [-0.15, -0.1) is 5.10 Å². The molecule has 5 heteroatoms. The third kappa shape index (κ3) is 2.54. The zero-order chi connectivity index (χ0) is 14.7. The monoisotopic (exact) mass is 282 g/mol. The van der Waals surface area contributed by atoms with Crippen molar-refractivity contribution in [3.63, 3.8) is 0 Å². The molecule has 3 aromatic rings. The Hall–Kier alpha value is -2.56. The zero-order valence-corrected chi connectivity index (χ0v) is 12.2. The summed E-state index contributed by atoms with van der Waals surface area (Å²) in [4.78, 5) is 4.41. The molecule has 0 aliphatic carbocycles. The van der Waals surface area contributed by atoms with Crippen LogP contribution in [0.15, 0.2) is 42.6 Å². The van der Waals surface area contributed by atoms with Crippen LogP contribution in [0.4, 0.5) is 5.82 Å². The number of nitrogens with one attached hydrogen (secondary N) is 1. The summed E-state index contributed by atoms with van der Waals surface area (Å²) in [6.45, 7) is 3.03. The van der Waals surface area contributed by atoms with Gasteiger partial charge in [0.15, 0.2) is 5.65 Å². The van der Waals surface area contributed by atoms with Gasteiger partial charge in [-0.3, -0.25) is 0 Å². The number of hydrogen-bond donors (Lipinski definition) is 1. The molecule has 1 aromatic carbocycles. The van der Waals surface area contributed by atoms with E-state index in [2.05, 4.69) is 22.3 Å². The second-order valence-corrected chi connectivity index (χ2v) is 4.76. The second kappa shape index (κ2) is 5.83. The van der Waals surface area contributed by atoms with Gasteiger partial charge in [0.1, 0.15) is 11.6 Å². The molecule has 0 aliphatic rings. The smallest absolute Gasteiger partial charge is 0.154 e. The number of para-hydroxylation sites is 1. The molecule has 5 nitrogen and oxygen atoms in total. The first kappa shape index (κ1) is 13.4. The maximum Gasteiger partial charge on any atom is 0.154 e. The molecule has 0 spiro atoms. The van der Waals surface area contributed by atoms with Crippen LogP contribution >= 0.6 is 0 Å². The summed E-state index contributed by atoms with van der Waals surface area (Å²) in [7, 11) is 1.67. The molecule has 0 saturated heterocycles. The Morgan fingerprint density at radius 3 is 2.86 bits per heavy atom.